The van der Waals surface area contributed by atoms with E-state index in [0.717, 1.165) is 32.7 Å². The van der Waals surface area contributed by atoms with Gasteiger partial charge in [-0.2, -0.15) is 0 Å². The topological polar surface area (TPSA) is 26.8 Å². The maximum absolute atomic E-state index is 11.9. The standard InChI is InChI=1S/C12H25N3O/c1-4-13(2)9-10-14(3)12(16)11-15-7-5-6-8-15/h4-11H2,1-3H3. The van der Waals surface area contributed by atoms with Crippen LogP contribution in [0.5, 0.6) is 0 Å². The molecule has 16 heavy (non-hydrogen) atoms. The van der Waals surface area contributed by atoms with Crippen molar-refractivity contribution in [2.45, 2.75) is 19.8 Å². The molecule has 4 nitrogen and oxygen atoms in total. The Hall–Kier alpha value is -0.610. The minimum Gasteiger partial charge on any atom is -0.343 e. The van der Waals surface area contributed by atoms with Crippen molar-refractivity contribution in [3.63, 3.8) is 0 Å². The quantitative estimate of drug-likeness (QED) is 0.661. The highest BCUT2D eigenvalue weighted by molar-refractivity contribution is 5.78. The zero-order chi connectivity index (χ0) is 12.0. The van der Waals surface area contributed by atoms with E-state index in [1.807, 2.05) is 11.9 Å². The number of nitrogens with zero attached hydrogens (tertiary/aromatic N) is 3. The first kappa shape index (κ1) is 13.5. The van der Waals surface area contributed by atoms with Crippen LogP contribution in [-0.4, -0.2) is 74.0 Å². The van der Waals surface area contributed by atoms with Crippen LogP contribution in [-0.2, 0) is 4.79 Å². The third kappa shape index (κ3) is 4.49. The van der Waals surface area contributed by atoms with Gasteiger partial charge in [-0.05, 0) is 39.5 Å². The van der Waals surface area contributed by atoms with E-state index >= 15 is 0 Å². The first-order chi connectivity index (χ1) is 7.63. The molecule has 0 aromatic carbocycles. The number of likely N-dealkylation sites (N-methyl/N-ethyl adjacent to an activating group) is 2. The summed E-state index contributed by atoms with van der Waals surface area (Å²) in [5.41, 5.74) is 0. The molecule has 94 valence electrons. The van der Waals surface area contributed by atoms with Crippen molar-refractivity contribution in [1.29, 1.82) is 0 Å². The number of amides is 1. The van der Waals surface area contributed by atoms with Crippen LogP contribution in [0.4, 0.5) is 0 Å². The summed E-state index contributed by atoms with van der Waals surface area (Å²) in [5.74, 6) is 0.256. The minimum absolute atomic E-state index is 0.256. The molecule has 0 N–H and O–H groups in total. The Balaban J connectivity index is 2.19. The summed E-state index contributed by atoms with van der Waals surface area (Å²) >= 11 is 0. The van der Waals surface area contributed by atoms with Crippen molar-refractivity contribution in [3.05, 3.63) is 0 Å². The van der Waals surface area contributed by atoms with Gasteiger partial charge in [0.1, 0.15) is 0 Å². The van der Waals surface area contributed by atoms with Gasteiger partial charge in [0.25, 0.3) is 0 Å². The van der Waals surface area contributed by atoms with Gasteiger partial charge in [0.05, 0.1) is 6.54 Å². The molecule has 0 aliphatic carbocycles. The van der Waals surface area contributed by atoms with Crippen LogP contribution in [0.2, 0.25) is 0 Å². The second-order valence-electron chi connectivity index (χ2n) is 4.69. The lowest BCUT2D eigenvalue weighted by molar-refractivity contribution is -0.131. The van der Waals surface area contributed by atoms with Gasteiger partial charge in [-0.15, -0.1) is 0 Å². The Bertz CT molecular complexity index is 214. The van der Waals surface area contributed by atoms with Gasteiger partial charge in [0.2, 0.25) is 5.91 Å². The van der Waals surface area contributed by atoms with Gasteiger partial charge in [-0.1, -0.05) is 6.92 Å². The van der Waals surface area contributed by atoms with E-state index in [0.29, 0.717) is 6.54 Å². The first-order valence-corrected chi connectivity index (χ1v) is 6.28. The van der Waals surface area contributed by atoms with Crippen molar-refractivity contribution in [2.75, 3.05) is 53.4 Å². The molecule has 0 unspecified atom stereocenters. The van der Waals surface area contributed by atoms with Crippen LogP contribution in [0.3, 0.4) is 0 Å². The number of hydrogen-bond acceptors (Lipinski definition) is 3. The maximum Gasteiger partial charge on any atom is 0.236 e. The summed E-state index contributed by atoms with van der Waals surface area (Å²) in [5, 5.41) is 0. The molecule has 0 aromatic rings. The number of hydrogen-bond donors (Lipinski definition) is 0. The average molecular weight is 227 g/mol. The predicted molar refractivity (Wildman–Crippen MR) is 66.5 cm³/mol. The summed E-state index contributed by atoms with van der Waals surface area (Å²) in [6, 6.07) is 0. The van der Waals surface area contributed by atoms with Crippen LogP contribution in [0, 0.1) is 0 Å². The Morgan fingerprint density at radius 1 is 1.19 bits per heavy atom. The SMILES string of the molecule is CCN(C)CCN(C)C(=O)CN1CCCC1. The normalized spacial score (nSPS) is 17.0. The molecule has 1 aliphatic heterocycles. The third-order valence-corrected chi connectivity index (χ3v) is 3.34. The molecule has 1 rings (SSSR count). The molecule has 1 aliphatic rings. The zero-order valence-electron chi connectivity index (χ0n) is 10.9. The average Bonchev–Trinajstić information content (AvgIpc) is 2.77. The zero-order valence-corrected chi connectivity index (χ0v) is 10.9. The lowest BCUT2D eigenvalue weighted by Gasteiger charge is -2.23. The molecular weight excluding hydrogens is 202 g/mol. The van der Waals surface area contributed by atoms with Crippen molar-refractivity contribution in [2.24, 2.45) is 0 Å². The maximum atomic E-state index is 11.9. The van der Waals surface area contributed by atoms with E-state index < -0.39 is 0 Å². The van der Waals surface area contributed by atoms with Crippen molar-refractivity contribution < 1.29 is 4.79 Å². The number of carbonyl (C=O) groups is 1. The molecule has 0 spiro atoms. The van der Waals surface area contributed by atoms with Crippen molar-refractivity contribution >= 4 is 5.91 Å². The number of carbonyl (C=O) groups excluding carboxylic acids is 1. The lowest BCUT2D eigenvalue weighted by Crippen LogP contribution is -2.40. The molecule has 1 fully saturated rings. The van der Waals surface area contributed by atoms with Crippen LogP contribution in [0.1, 0.15) is 19.8 Å². The highest BCUT2D eigenvalue weighted by Crippen LogP contribution is 2.06. The molecular formula is C12H25N3O. The Kier molecular flexibility index (Phi) is 5.77. The summed E-state index contributed by atoms with van der Waals surface area (Å²) in [6.45, 7) is 7.74. The van der Waals surface area contributed by atoms with Crippen LogP contribution < -0.4 is 0 Å². The Morgan fingerprint density at radius 3 is 2.38 bits per heavy atom. The van der Waals surface area contributed by atoms with Gasteiger partial charge < -0.3 is 9.80 Å². The first-order valence-electron chi connectivity index (χ1n) is 6.28. The van der Waals surface area contributed by atoms with Gasteiger partial charge in [-0.3, -0.25) is 9.69 Å². The summed E-state index contributed by atoms with van der Waals surface area (Å²) in [7, 11) is 3.99. The van der Waals surface area contributed by atoms with Gasteiger partial charge >= 0.3 is 0 Å². The summed E-state index contributed by atoms with van der Waals surface area (Å²) < 4.78 is 0. The van der Waals surface area contributed by atoms with E-state index in [2.05, 4.69) is 23.8 Å². The molecule has 0 saturated carbocycles. The van der Waals surface area contributed by atoms with Crippen molar-refractivity contribution in [1.82, 2.24) is 14.7 Å². The third-order valence-electron chi connectivity index (χ3n) is 3.34. The highest BCUT2D eigenvalue weighted by Gasteiger charge is 2.17. The van der Waals surface area contributed by atoms with Crippen LogP contribution >= 0.6 is 0 Å². The van der Waals surface area contributed by atoms with E-state index in [1.54, 1.807) is 0 Å². The second kappa shape index (κ2) is 6.86. The lowest BCUT2D eigenvalue weighted by atomic mass is 10.4. The fraction of sp³-hybridized carbons (Fsp3) is 0.917. The van der Waals surface area contributed by atoms with Crippen molar-refractivity contribution in [3.8, 4) is 0 Å². The second-order valence-corrected chi connectivity index (χ2v) is 4.69. The monoisotopic (exact) mass is 227 g/mol. The van der Waals surface area contributed by atoms with E-state index in [1.165, 1.54) is 12.8 Å². The molecule has 1 amide bonds. The molecule has 0 radical (unpaired) electrons. The highest BCUT2D eigenvalue weighted by atomic mass is 16.2. The van der Waals surface area contributed by atoms with E-state index in [4.69, 9.17) is 0 Å². The number of likely N-dealkylation sites (tertiary alicyclic amines) is 1. The van der Waals surface area contributed by atoms with Crippen LogP contribution in [0.25, 0.3) is 0 Å². The van der Waals surface area contributed by atoms with Crippen LogP contribution in [0.15, 0.2) is 0 Å². The fourth-order valence-corrected chi connectivity index (χ4v) is 1.86. The predicted octanol–water partition coefficient (Wildman–Crippen LogP) is 0.492. The molecule has 1 saturated heterocycles. The summed E-state index contributed by atoms with van der Waals surface area (Å²) in [6.07, 6.45) is 2.49. The molecule has 0 atom stereocenters. The fourth-order valence-electron chi connectivity index (χ4n) is 1.86. The number of rotatable bonds is 6. The molecule has 1 heterocycles. The van der Waals surface area contributed by atoms with Gasteiger partial charge in [0, 0.05) is 20.1 Å². The summed E-state index contributed by atoms with van der Waals surface area (Å²) in [4.78, 5) is 18.2. The molecule has 0 bridgehead atoms. The minimum atomic E-state index is 0.256. The largest absolute Gasteiger partial charge is 0.343 e. The van der Waals surface area contributed by atoms with E-state index in [9.17, 15) is 4.79 Å². The smallest absolute Gasteiger partial charge is 0.236 e. The van der Waals surface area contributed by atoms with Gasteiger partial charge in [-0.25, -0.2) is 0 Å². The molecule has 0 aromatic heterocycles. The van der Waals surface area contributed by atoms with E-state index in [-0.39, 0.29) is 5.91 Å². The Morgan fingerprint density at radius 2 is 1.81 bits per heavy atom. The molecule has 4 heteroatoms. The van der Waals surface area contributed by atoms with Gasteiger partial charge in [0.15, 0.2) is 0 Å². The Labute approximate surface area is 99.2 Å².